The highest BCUT2D eigenvalue weighted by atomic mass is 35.5. The number of rotatable bonds is 3. The Labute approximate surface area is 153 Å². The SMILES string of the molecule is CC(C)(C)OC(=O)Nc1ccc(Nc2ccc(Cl)cc2C(F)(F)F)nc1. The molecule has 9 heteroatoms. The molecule has 1 aromatic carbocycles. The van der Waals surface area contributed by atoms with E-state index in [4.69, 9.17) is 16.3 Å². The van der Waals surface area contributed by atoms with Crippen molar-refractivity contribution in [3.05, 3.63) is 47.1 Å². The van der Waals surface area contributed by atoms with Crippen molar-refractivity contribution in [1.82, 2.24) is 4.98 Å². The van der Waals surface area contributed by atoms with Crippen LogP contribution < -0.4 is 10.6 Å². The van der Waals surface area contributed by atoms with Crippen LogP contribution in [0.2, 0.25) is 5.02 Å². The number of nitrogens with one attached hydrogen (secondary N) is 2. The Hall–Kier alpha value is -2.48. The van der Waals surface area contributed by atoms with Crippen LogP contribution in [-0.4, -0.2) is 16.7 Å². The largest absolute Gasteiger partial charge is 0.444 e. The van der Waals surface area contributed by atoms with E-state index in [1.807, 2.05) is 0 Å². The van der Waals surface area contributed by atoms with Crippen molar-refractivity contribution in [2.24, 2.45) is 0 Å². The summed E-state index contributed by atoms with van der Waals surface area (Å²) in [5.41, 5.74) is -1.39. The number of aromatic nitrogens is 1. The highest BCUT2D eigenvalue weighted by Gasteiger charge is 2.33. The summed E-state index contributed by atoms with van der Waals surface area (Å²) in [6.07, 6.45) is -3.92. The lowest BCUT2D eigenvalue weighted by molar-refractivity contribution is -0.136. The van der Waals surface area contributed by atoms with Crippen LogP contribution >= 0.6 is 11.6 Å². The molecule has 1 heterocycles. The van der Waals surface area contributed by atoms with Crippen molar-refractivity contribution in [3.63, 3.8) is 0 Å². The molecule has 1 amide bonds. The second kappa shape index (κ2) is 7.41. The molecule has 0 radical (unpaired) electrons. The first kappa shape index (κ1) is 19.8. The van der Waals surface area contributed by atoms with Crippen molar-refractivity contribution >= 4 is 34.9 Å². The van der Waals surface area contributed by atoms with Crippen LogP contribution in [0, 0.1) is 0 Å². The third-order valence-corrected chi connectivity index (χ3v) is 3.19. The van der Waals surface area contributed by atoms with Gasteiger partial charge in [-0.2, -0.15) is 13.2 Å². The summed E-state index contributed by atoms with van der Waals surface area (Å²) in [6, 6.07) is 6.32. The molecule has 0 bridgehead atoms. The maximum Gasteiger partial charge on any atom is 0.418 e. The summed E-state index contributed by atoms with van der Waals surface area (Å²) in [6.45, 7) is 5.17. The number of carbonyl (C=O) groups excluding carboxylic acids is 1. The van der Waals surface area contributed by atoms with Gasteiger partial charge in [-0.05, 0) is 51.1 Å². The molecule has 0 aliphatic carbocycles. The normalized spacial score (nSPS) is 11.8. The molecular weight excluding hydrogens is 371 g/mol. The van der Waals surface area contributed by atoms with Crippen LogP contribution in [-0.2, 0) is 10.9 Å². The number of amides is 1. The third kappa shape index (κ3) is 5.80. The monoisotopic (exact) mass is 387 g/mol. The molecular formula is C17H17ClF3N3O2. The number of nitrogens with zero attached hydrogens (tertiary/aromatic N) is 1. The van der Waals surface area contributed by atoms with Crippen LogP contribution in [0.25, 0.3) is 0 Å². The lowest BCUT2D eigenvalue weighted by Crippen LogP contribution is -2.27. The molecule has 2 N–H and O–H groups in total. The van der Waals surface area contributed by atoms with Gasteiger partial charge in [-0.25, -0.2) is 9.78 Å². The first-order valence-corrected chi connectivity index (χ1v) is 7.92. The summed E-state index contributed by atoms with van der Waals surface area (Å²) >= 11 is 5.65. The highest BCUT2D eigenvalue weighted by Crippen LogP contribution is 2.37. The summed E-state index contributed by atoms with van der Waals surface area (Å²) in [4.78, 5) is 15.7. The van der Waals surface area contributed by atoms with E-state index >= 15 is 0 Å². The minimum atomic E-state index is -4.56. The van der Waals surface area contributed by atoms with Gasteiger partial charge in [-0.15, -0.1) is 0 Å². The van der Waals surface area contributed by atoms with Gasteiger partial charge in [0, 0.05) is 5.02 Å². The van der Waals surface area contributed by atoms with Crippen molar-refractivity contribution < 1.29 is 22.7 Å². The predicted octanol–water partition coefficient (Wildman–Crippen LogP) is 5.84. The molecule has 0 aliphatic heterocycles. The molecule has 2 rings (SSSR count). The molecule has 0 spiro atoms. The molecule has 0 atom stereocenters. The zero-order valence-corrected chi connectivity index (χ0v) is 15.0. The zero-order valence-electron chi connectivity index (χ0n) is 14.2. The fourth-order valence-electron chi connectivity index (χ4n) is 1.96. The lowest BCUT2D eigenvalue weighted by Gasteiger charge is -2.19. The molecule has 0 saturated heterocycles. The van der Waals surface area contributed by atoms with Crippen molar-refractivity contribution in [1.29, 1.82) is 0 Å². The van der Waals surface area contributed by atoms with Gasteiger partial charge in [0.2, 0.25) is 0 Å². The van der Waals surface area contributed by atoms with E-state index in [-0.39, 0.29) is 16.5 Å². The van der Waals surface area contributed by atoms with Crippen LogP contribution in [0.4, 0.5) is 35.2 Å². The van der Waals surface area contributed by atoms with Crippen molar-refractivity contribution in [3.8, 4) is 0 Å². The van der Waals surface area contributed by atoms with E-state index < -0.39 is 23.4 Å². The topological polar surface area (TPSA) is 63.2 Å². The maximum absolute atomic E-state index is 13.1. The quantitative estimate of drug-likeness (QED) is 0.694. The standard InChI is InChI=1S/C17H17ClF3N3O2/c1-16(2,3)26-15(25)23-11-5-7-14(22-9-11)24-13-6-4-10(18)8-12(13)17(19,20)21/h4-9H,1-3H3,(H,22,24)(H,23,25). The number of anilines is 3. The third-order valence-electron chi connectivity index (χ3n) is 2.96. The van der Waals surface area contributed by atoms with Gasteiger partial charge in [-0.3, -0.25) is 5.32 Å². The summed E-state index contributed by atoms with van der Waals surface area (Å²) in [5.74, 6) is 0.174. The van der Waals surface area contributed by atoms with Gasteiger partial charge in [0.1, 0.15) is 11.4 Å². The molecule has 0 fully saturated rings. The van der Waals surface area contributed by atoms with Gasteiger partial charge in [0.05, 0.1) is 23.1 Å². The molecule has 2 aromatic rings. The van der Waals surface area contributed by atoms with Crippen LogP contribution in [0.15, 0.2) is 36.5 Å². The molecule has 0 saturated carbocycles. The van der Waals surface area contributed by atoms with Gasteiger partial charge in [0.15, 0.2) is 0 Å². The van der Waals surface area contributed by atoms with Gasteiger partial charge in [0.25, 0.3) is 0 Å². The number of pyridine rings is 1. The average Bonchev–Trinajstić information content (AvgIpc) is 2.48. The van der Waals surface area contributed by atoms with E-state index in [1.165, 1.54) is 30.5 Å². The second-order valence-corrected chi connectivity index (χ2v) is 6.81. The summed E-state index contributed by atoms with van der Waals surface area (Å²) in [7, 11) is 0. The number of carbonyl (C=O) groups is 1. The second-order valence-electron chi connectivity index (χ2n) is 6.37. The number of hydrogen-bond donors (Lipinski definition) is 2. The van der Waals surface area contributed by atoms with E-state index in [9.17, 15) is 18.0 Å². The van der Waals surface area contributed by atoms with Gasteiger partial charge < -0.3 is 10.1 Å². The van der Waals surface area contributed by atoms with E-state index in [0.29, 0.717) is 5.69 Å². The van der Waals surface area contributed by atoms with Crippen LogP contribution in [0.3, 0.4) is 0 Å². The Balaban J connectivity index is 2.12. The van der Waals surface area contributed by atoms with Gasteiger partial charge >= 0.3 is 12.3 Å². The van der Waals surface area contributed by atoms with Crippen molar-refractivity contribution in [2.45, 2.75) is 32.5 Å². The number of ether oxygens (including phenoxy) is 1. The number of benzene rings is 1. The fourth-order valence-corrected chi connectivity index (χ4v) is 2.13. The Morgan fingerprint density at radius 1 is 1.15 bits per heavy atom. The first-order valence-electron chi connectivity index (χ1n) is 7.54. The van der Waals surface area contributed by atoms with E-state index in [2.05, 4.69) is 15.6 Å². The fraction of sp³-hybridized carbons (Fsp3) is 0.294. The Bertz CT molecular complexity index is 787. The maximum atomic E-state index is 13.1. The predicted molar refractivity (Wildman–Crippen MR) is 93.8 cm³/mol. The van der Waals surface area contributed by atoms with Crippen LogP contribution in [0.5, 0.6) is 0 Å². The highest BCUT2D eigenvalue weighted by molar-refractivity contribution is 6.30. The molecule has 1 aromatic heterocycles. The van der Waals surface area contributed by atoms with Gasteiger partial charge in [-0.1, -0.05) is 11.6 Å². The smallest absolute Gasteiger partial charge is 0.418 e. The van der Waals surface area contributed by atoms with Crippen LogP contribution in [0.1, 0.15) is 26.3 Å². The Morgan fingerprint density at radius 3 is 2.38 bits per heavy atom. The van der Waals surface area contributed by atoms with E-state index in [0.717, 1.165) is 6.07 Å². The minimum absolute atomic E-state index is 0.0206. The molecule has 5 nitrogen and oxygen atoms in total. The molecule has 140 valence electrons. The Kier molecular flexibility index (Phi) is 5.65. The number of hydrogen-bond acceptors (Lipinski definition) is 4. The minimum Gasteiger partial charge on any atom is -0.444 e. The lowest BCUT2D eigenvalue weighted by atomic mass is 10.1. The zero-order chi connectivity index (χ0) is 19.5. The molecule has 0 aliphatic rings. The summed E-state index contributed by atoms with van der Waals surface area (Å²) in [5, 5.41) is 5.05. The molecule has 0 unspecified atom stereocenters. The molecule has 26 heavy (non-hydrogen) atoms. The Morgan fingerprint density at radius 2 is 1.85 bits per heavy atom. The summed E-state index contributed by atoms with van der Waals surface area (Å²) < 4.78 is 44.4. The first-order chi connectivity index (χ1) is 11.9. The van der Waals surface area contributed by atoms with Crippen molar-refractivity contribution in [2.75, 3.05) is 10.6 Å². The number of halogens is 4. The van der Waals surface area contributed by atoms with E-state index in [1.54, 1.807) is 20.8 Å². The number of alkyl halides is 3. The average molecular weight is 388 g/mol.